The van der Waals surface area contributed by atoms with Gasteiger partial charge in [-0.05, 0) is 37.5 Å². The Morgan fingerprint density at radius 2 is 1.82 bits per heavy atom. The zero-order valence-electron chi connectivity index (χ0n) is 19.9. The molecule has 7 nitrogen and oxygen atoms in total. The van der Waals surface area contributed by atoms with Gasteiger partial charge in [-0.1, -0.05) is 38.0 Å². The summed E-state index contributed by atoms with van der Waals surface area (Å²) in [5.74, 6) is 1.97. The predicted octanol–water partition coefficient (Wildman–Crippen LogP) is 5.08. The number of carbonyl (C=O) groups is 1. The van der Waals surface area contributed by atoms with E-state index in [2.05, 4.69) is 12.2 Å². The Bertz CT molecular complexity index is 913. The summed E-state index contributed by atoms with van der Waals surface area (Å²) < 4.78 is 16.8. The molecule has 1 saturated carbocycles. The third-order valence-electron chi connectivity index (χ3n) is 6.08. The molecule has 2 aromatic rings. The number of unbranched alkanes of at least 4 members (excludes halogenated alkanes) is 2. The molecule has 33 heavy (non-hydrogen) atoms. The molecular formula is C26H36N2O5. The number of rotatable bonds is 13. The quantitative estimate of drug-likeness (QED) is 0.411. The molecule has 180 valence electrons. The number of nitrogens with zero attached hydrogens (tertiary/aromatic N) is 1. The van der Waals surface area contributed by atoms with Crippen LogP contribution in [0.3, 0.4) is 0 Å². The van der Waals surface area contributed by atoms with Crippen LogP contribution in [0.25, 0.3) is 0 Å². The third kappa shape index (κ3) is 6.78. The van der Waals surface area contributed by atoms with Crippen LogP contribution < -0.4 is 19.5 Å². The van der Waals surface area contributed by atoms with Crippen molar-refractivity contribution in [3.8, 4) is 17.2 Å². The highest BCUT2D eigenvalue weighted by molar-refractivity contribution is 5.89. The number of hydrogen-bond donors (Lipinski definition) is 2. The van der Waals surface area contributed by atoms with E-state index in [1.54, 1.807) is 37.3 Å². The largest absolute Gasteiger partial charge is 0.496 e. The Balaban J connectivity index is 1.75. The van der Waals surface area contributed by atoms with Gasteiger partial charge in [0.2, 0.25) is 0 Å². The third-order valence-corrected chi connectivity index (χ3v) is 6.08. The molecule has 3 rings (SSSR count). The first-order valence-corrected chi connectivity index (χ1v) is 11.6. The van der Waals surface area contributed by atoms with E-state index in [0.29, 0.717) is 36.9 Å². The van der Waals surface area contributed by atoms with Crippen LogP contribution in [0.1, 0.15) is 44.6 Å². The fraction of sp³-hybridized carbons (Fsp3) is 0.500. The first-order chi connectivity index (χ1) is 16.0. The average Bonchev–Trinajstić information content (AvgIpc) is 3.62. The molecule has 0 radical (unpaired) electrons. The van der Waals surface area contributed by atoms with Crippen molar-refractivity contribution in [1.82, 2.24) is 4.90 Å². The van der Waals surface area contributed by atoms with Gasteiger partial charge in [0.1, 0.15) is 5.75 Å². The molecule has 1 aliphatic carbocycles. The molecule has 7 heteroatoms. The second kappa shape index (κ2) is 11.8. The number of aliphatic hydroxyl groups is 1. The average molecular weight is 457 g/mol. The zero-order chi connectivity index (χ0) is 23.7. The van der Waals surface area contributed by atoms with E-state index in [0.717, 1.165) is 43.4 Å². The summed E-state index contributed by atoms with van der Waals surface area (Å²) in [5.41, 5.74) is 1.33. The minimum absolute atomic E-state index is 0.0704. The van der Waals surface area contributed by atoms with E-state index in [1.807, 2.05) is 24.3 Å². The van der Waals surface area contributed by atoms with Crippen LogP contribution in [0.15, 0.2) is 42.5 Å². The molecule has 0 aliphatic heterocycles. The molecule has 1 fully saturated rings. The summed E-state index contributed by atoms with van der Waals surface area (Å²) in [6, 6.07) is 12.8. The van der Waals surface area contributed by atoms with Gasteiger partial charge in [0.15, 0.2) is 11.5 Å². The molecule has 2 N–H and O–H groups in total. The summed E-state index contributed by atoms with van der Waals surface area (Å²) in [5, 5.41) is 12.8. The normalized spacial score (nSPS) is 13.8. The molecule has 0 atom stereocenters. The van der Waals surface area contributed by atoms with E-state index in [4.69, 9.17) is 14.2 Å². The van der Waals surface area contributed by atoms with Gasteiger partial charge < -0.3 is 29.5 Å². The van der Waals surface area contributed by atoms with Crippen molar-refractivity contribution in [1.29, 1.82) is 0 Å². The molecule has 0 saturated heterocycles. The van der Waals surface area contributed by atoms with Gasteiger partial charge in [-0.3, -0.25) is 0 Å². The summed E-state index contributed by atoms with van der Waals surface area (Å²) in [6.45, 7) is 3.68. The van der Waals surface area contributed by atoms with E-state index < -0.39 is 0 Å². The number of hydrogen-bond acceptors (Lipinski definition) is 5. The summed E-state index contributed by atoms with van der Waals surface area (Å²) in [4.78, 5) is 15.1. The number of benzene rings is 2. The Hall–Kier alpha value is -2.93. The van der Waals surface area contributed by atoms with Crippen molar-refractivity contribution < 1.29 is 24.1 Å². The Kier molecular flexibility index (Phi) is 8.83. The zero-order valence-corrected chi connectivity index (χ0v) is 19.9. The summed E-state index contributed by atoms with van der Waals surface area (Å²) in [6.07, 6.45) is 5.01. The van der Waals surface area contributed by atoms with E-state index in [9.17, 15) is 9.90 Å². The maximum Gasteiger partial charge on any atom is 0.322 e. The Labute approximate surface area is 196 Å². The van der Waals surface area contributed by atoms with Crippen molar-refractivity contribution in [2.75, 3.05) is 39.3 Å². The second-order valence-corrected chi connectivity index (χ2v) is 8.68. The number of aliphatic hydroxyl groups excluding tert-OH is 1. The first kappa shape index (κ1) is 24.7. The lowest BCUT2D eigenvalue weighted by atomic mass is 10.1. The molecule has 0 unspecified atom stereocenters. The monoisotopic (exact) mass is 456 g/mol. The molecule has 0 bridgehead atoms. The van der Waals surface area contributed by atoms with E-state index in [-0.39, 0.29) is 18.1 Å². The smallest absolute Gasteiger partial charge is 0.322 e. The lowest BCUT2D eigenvalue weighted by molar-refractivity contribution is 0.153. The molecule has 2 aromatic carbocycles. The number of carbonyl (C=O) groups excluding carboxylic acids is 1. The standard InChI is InChI=1S/C26H36N2O5/c1-4-5-8-15-33-24-16-21(11-12-23(24)32-3)27-25(30)28(18-26(19-29)13-14-26)17-20-9-6-7-10-22(20)31-2/h6-7,9-12,16,29H,4-5,8,13-15,17-19H2,1-3H3,(H,27,30). The lowest BCUT2D eigenvalue weighted by Crippen LogP contribution is -2.39. The number of methoxy groups -OCH3 is 2. The lowest BCUT2D eigenvalue weighted by Gasteiger charge is -2.28. The molecule has 0 aromatic heterocycles. The summed E-state index contributed by atoms with van der Waals surface area (Å²) >= 11 is 0. The molecular weight excluding hydrogens is 420 g/mol. The van der Waals surface area contributed by atoms with Crippen molar-refractivity contribution in [2.45, 2.75) is 45.6 Å². The molecule has 1 aliphatic rings. The number of urea groups is 1. The topological polar surface area (TPSA) is 80.3 Å². The van der Waals surface area contributed by atoms with Crippen LogP contribution in [0, 0.1) is 5.41 Å². The number of nitrogens with one attached hydrogen (secondary N) is 1. The maximum absolute atomic E-state index is 13.3. The Morgan fingerprint density at radius 3 is 2.48 bits per heavy atom. The van der Waals surface area contributed by atoms with Crippen LogP contribution in [0.2, 0.25) is 0 Å². The van der Waals surface area contributed by atoms with Gasteiger partial charge in [-0.15, -0.1) is 0 Å². The predicted molar refractivity (Wildman–Crippen MR) is 129 cm³/mol. The SMILES string of the molecule is CCCCCOc1cc(NC(=O)N(Cc2ccccc2OC)CC2(CO)CC2)ccc1OC. The van der Waals surface area contributed by atoms with Gasteiger partial charge in [-0.2, -0.15) is 0 Å². The van der Waals surface area contributed by atoms with Crippen LogP contribution >= 0.6 is 0 Å². The van der Waals surface area contributed by atoms with Gasteiger partial charge in [-0.25, -0.2) is 4.79 Å². The minimum atomic E-state index is -0.234. The number of ether oxygens (including phenoxy) is 3. The van der Waals surface area contributed by atoms with Gasteiger partial charge in [0.05, 0.1) is 34.0 Å². The summed E-state index contributed by atoms with van der Waals surface area (Å²) in [7, 11) is 3.23. The van der Waals surface area contributed by atoms with Crippen LogP contribution in [-0.4, -0.2) is 50.0 Å². The van der Waals surface area contributed by atoms with E-state index in [1.165, 1.54) is 0 Å². The molecule has 0 heterocycles. The molecule has 0 spiro atoms. The van der Waals surface area contributed by atoms with Crippen LogP contribution in [0.5, 0.6) is 17.2 Å². The number of anilines is 1. The highest BCUT2D eigenvalue weighted by Crippen LogP contribution is 2.46. The van der Waals surface area contributed by atoms with Crippen molar-refractivity contribution >= 4 is 11.7 Å². The van der Waals surface area contributed by atoms with E-state index >= 15 is 0 Å². The van der Waals surface area contributed by atoms with Crippen molar-refractivity contribution in [3.05, 3.63) is 48.0 Å². The number of amides is 2. The minimum Gasteiger partial charge on any atom is -0.496 e. The number of para-hydroxylation sites is 1. The van der Waals surface area contributed by atoms with Crippen LogP contribution in [-0.2, 0) is 6.54 Å². The van der Waals surface area contributed by atoms with Gasteiger partial charge in [0, 0.05) is 29.3 Å². The second-order valence-electron chi connectivity index (χ2n) is 8.68. The maximum atomic E-state index is 13.3. The van der Waals surface area contributed by atoms with Crippen molar-refractivity contribution in [2.24, 2.45) is 5.41 Å². The molecule has 2 amide bonds. The fourth-order valence-electron chi connectivity index (χ4n) is 3.79. The first-order valence-electron chi connectivity index (χ1n) is 11.6. The van der Waals surface area contributed by atoms with Crippen molar-refractivity contribution in [3.63, 3.8) is 0 Å². The van der Waals surface area contributed by atoms with Gasteiger partial charge >= 0.3 is 6.03 Å². The highest BCUT2D eigenvalue weighted by Gasteiger charge is 2.44. The van der Waals surface area contributed by atoms with Crippen LogP contribution in [0.4, 0.5) is 10.5 Å². The highest BCUT2D eigenvalue weighted by atomic mass is 16.5. The fourth-order valence-corrected chi connectivity index (χ4v) is 3.79. The Morgan fingerprint density at radius 1 is 1.06 bits per heavy atom. The van der Waals surface area contributed by atoms with Gasteiger partial charge in [0.25, 0.3) is 0 Å².